The number of aromatic hydroxyl groups is 1. The number of phenols is 1. The van der Waals surface area contributed by atoms with Gasteiger partial charge in [0.05, 0.1) is 18.2 Å². The fourth-order valence-electron chi connectivity index (χ4n) is 3.16. The number of hydrogen-bond donors (Lipinski definition) is 1. The van der Waals surface area contributed by atoms with E-state index in [1.165, 1.54) is 18.4 Å². The van der Waals surface area contributed by atoms with Crippen molar-refractivity contribution < 1.29 is 19.4 Å². The van der Waals surface area contributed by atoms with Gasteiger partial charge in [-0.2, -0.15) is 0 Å². The Kier molecular flexibility index (Phi) is 6.96. The summed E-state index contributed by atoms with van der Waals surface area (Å²) in [6, 6.07) is 1.67. The molecule has 2 aromatic rings. The van der Waals surface area contributed by atoms with Gasteiger partial charge in [-0.1, -0.05) is 0 Å². The van der Waals surface area contributed by atoms with Crippen molar-refractivity contribution in [1.29, 1.82) is 0 Å². The predicted octanol–water partition coefficient (Wildman–Crippen LogP) is 5.68. The largest absolute Gasteiger partial charge is 0.504 e. The number of phenolic OH excluding ortho intramolecular Hbond substituents is 1. The van der Waals surface area contributed by atoms with Crippen molar-refractivity contribution in [2.75, 3.05) is 20.7 Å². The minimum Gasteiger partial charge on any atom is -0.504 e. The smallest absolute Gasteiger partial charge is 0.342 e. The molecule has 0 amide bonds. The lowest BCUT2D eigenvalue weighted by molar-refractivity contribution is 0.00694. The first-order valence-electron chi connectivity index (χ1n) is 9.37. The molecule has 30 heavy (non-hydrogen) atoms. The zero-order valence-electron chi connectivity index (χ0n) is 17.5. The first kappa shape index (κ1) is 23.2. The van der Waals surface area contributed by atoms with Crippen LogP contribution in [-0.2, 0) is 17.7 Å². The van der Waals surface area contributed by atoms with Gasteiger partial charge in [0, 0.05) is 33.1 Å². The summed E-state index contributed by atoms with van der Waals surface area (Å²) in [6.45, 7) is 7.19. The monoisotopic (exact) mass is 558 g/mol. The molecule has 1 aliphatic heterocycles. The van der Waals surface area contributed by atoms with Crippen molar-refractivity contribution in [1.82, 2.24) is 4.90 Å². The number of ether oxygens (including phenoxy) is 2. The van der Waals surface area contributed by atoms with Gasteiger partial charge >= 0.3 is 5.97 Å². The van der Waals surface area contributed by atoms with Crippen LogP contribution in [0.3, 0.4) is 0 Å². The third-order valence-electron chi connectivity index (χ3n) is 4.56. The zero-order chi connectivity index (χ0) is 22.2. The number of aliphatic imine (C=N–C) groups is 1. The Balaban J connectivity index is 2.09. The summed E-state index contributed by atoms with van der Waals surface area (Å²) in [5.74, 6) is -0.0750. The zero-order valence-corrected chi connectivity index (χ0v) is 21.5. The number of rotatable bonds is 4. The van der Waals surface area contributed by atoms with E-state index in [-0.39, 0.29) is 11.7 Å². The SMILES string of the molecule is COc1cc(Br)c(Br)c(C=Nc2sc3c(c2C(=O)OC(C)(C)C)CCN(C)C3)c1O. The van der Waals surface area contributed by atoms with Crippen LogP contribution in [0, 0.1) is 0 Å². The van der Waals surface area contributed by atoms with Crippen molar-refractivity contribution in [2.45, 2.75) is 39.3 Å². The van der Waals surface area contributed by atoms with Crippen LogP contribution < -0.4 is 4.74 Å². The van der Waals surface area contributed by atoms with Crippen LogP contribution in [0.2, 0.25) is 0 Å². The minimum absolute atomic E-state index is 0.0313. The Morgan fingerprint density at radius 2 is 2.07 bits per heavy atom. The molecule has 0 bridgehead atoms. The van der Waals surface area contributed by atoms with Gasteiger partial charge in [-0.15, -0.1) is 11.3 Å². The molecule has 1 aliphatic rings. The van der Waals surface area contributed by atoms with Crippen molar-refractivity contribution in [3.8, 4) is 11.5 Å². The van der Waals surface area contributed by atoms with E-state index in [0.29, 0.717) is 26.4 Å². The number of carbonyl (C=O) groups is 1. The van der Waals surface area contributed by atoms with Crippen molar-refractivity contribution in [3.63, 3.8) is 0 Å². The fraction of sp³-hybridized carbons (Fsp3) is 0.429. The molecule has 0 spiro atoms. The van der Waals surface area contributed by atoms with E-state index >= 15 is 0 Å². The van der Waals surface area contributed by atoms with Gasteiger partial charge in [-0.3, -0.25) is 0 Å². The Hall–Kier alpha value is -1.42. The molecule has 6 nitrogen and oxygen atoms in total. The number of thiophene rings is 1. The van der Waals surface area contributed by atoms with Crippen LogP contribution >= 0.6 is 43.2 Å². The number of benzene rings is 1. The van der Waals surface area contributed by atoms with Crippen molar-refractivity contribution in [2.24, 2.45) is 4.99 Å². The number of nitrogens with zero attached hydrogens (tertiary/aromatic N) is 2. The minimum atomic E-state index is -0.600. The molecule has 162 valence electrons. The summed E-state index contributed by atoms with van der Waals surface area (Å²) in [7, 11) is 3.54. The number of esters is 1. The van der Waals surface area contributed by atoms with Gasteiger partial charge in [-0.25, -0.2) is 9.79 Å². The van der Waals surface area contributed by atoms with Gasteiger partial charge in [0.15, 0.2) is 11.5 Å². The van der Waals surface area contributed by atoms with Crippen LogP contribution in [0.5, 0.6) is 11.5 Å². The molecule has 0 fully saturated rings. The molecule has 0 atom stereocenters. The maximum absolute atomic E-state index is 13.0. The third kappa shape index (κ3) is 4.90. The predicted molar refractivity (Wildman–Crippen MR) is 127 cm³/mol. The molecular weight excluding hydrogens is 536 g/mol. The van der Waals surface area contributed by atoms with Gasteiger partial charge in [-0.05, 0) is 77.7 Å². The highest BCUT2D eigenvalue weighted by Crippen LogP contribution is 2.42. The molecule has 1 N–H and O–H groups in total. The van der Waals surface area contributed by atoms with Crippen molar-refractivity contribution >= 4 is 60.4 Å². The van der Waals surface area contributed by atoms with Gasteiger partial charge in [0.1, 0.15) is 10.6 Å². The topological polar surface area (TPSA) is 71.4 Å². The van der Waals surface area contributed by atoms with E-state index < -0.39 is 5.60 Å². The maximum Gasteiger partial charge on any atom is 0.342 e. The fourth-order valence-corrected chi connectivity index (χ4v) is 5.24. The molecule has 0 unspecified atom stereocenters. The first-order valence-corrected chi connectivity index (χ1v) is 11.8. The van der Waals surface area contributed by atoms with Gasteiger partial charge in [0.25, 0.3) is 0 Å². The summed E-state index contributed by atoms with van der Waals surface area (Å²) in [5.41, 5.74) is 1.39. The second-order valence-corrected chi connectivity index (χ2v) is 10.8. The first-order chi connectivity index (χ1) is 14.0. The van der Waals surface area contributed by atoms with Crippen molar-refractivity contribution in [3.05, 3.63) is 36.6 Å². The maximum atomic E-state index is 13.0. The normalized spacial score (nSPS) is 14.8. The van der Waals surface area contributed by atoms with E-state index in [4.69, 9.17) is 9.47 Å². The van der Waals surface area contributed by atoms with E-state index in [1.807, 2.05) is 20.8 Å². The number of fused-ring (bicyclic) bond motifs is 1. The highest BCUT2D eigenvalue weighted by atomic mass is 79.9. The summed E-state index contributed by atoms with van der Waals surface area (Å²) < 4.78 is 12.3. The van der Waals surface area contributed by atoms with Crippen LogP contribution in [-0.4, -0.2) is 48.5 Å². The highest BCUT2D eigenvalue weighted by Gasteiger charge is 2.30. The second kappa shape index (κ2) is 8.98. The van der Waals surface area contributed by atoms with Crippen LogP contribution in [0.1, 0.15) is 47.1 Å². The lowest BCUT2D eigenvalue weighted by Crippen LogP contribution is -2.28. The Morgan fingerprint density at radius 1 is 1.37 bits per heavy atom. The number of methoxy groups -OCH3 is 1. The van der Waals surface area contributed by atoms with Crippen LogP contribution in [0.15, 0.2) is 20.0 Å². The second-order valence-electron chi connectivity index (χ2n) is 8.07. The Bertz CT molecular complexity index is 1010. The molecule has 3 rings (SSSR count). The van der Waals surface area contributed by atoms with Gasteiger partial charge in [0.2, 0.25) is 0 Å². The summed E-state index contributed by atoms with van der Waals surface area (Å²) in [4.78, 5) is 20.9. The molecule has 9 heteroatoms. The molecule has 1 aromatic heterocycles. The Labute approximate surface area is 197 Å². The lowest BCUT2D eigenvalue weighted by atomic mass is 10.0. The molecule has 0 radical (unpaired) electrons. The molecule has 2 heterocycles. The van der Waals surface area contributed by atoms with Crippen LogP contribution in [0.25, 0.3) is 0 Å². The van der Waals surface area contributed by atoms with Gasteiger partial charge < -0.3 is 19.5 Å². The number of carbonyl (C=O) groups excluding carboxylic acids is 1. The average molecular weight is 560 g/mol. The molecule has 0 saturated carbocycles. The molecule has 0 saturated heterocycles. The molecule has 0 aliphatic carbocycles. The standard InChI is InChI=1S/C21H24Br2N2O4S/c1-21(2,3)29-20(27)16-11-6-7-25(4)10-15(11)30-19(16)24-9-12-17(23)13(22)8-14(28-5)18(12)26/h8-9,26H,6-7,10H2,1-5H3. The third-order valence-corrected chi connectivity index (χ3v) is 7.69. The quantitative estimate of drug-likeness (QED) is 0.385. The number of likely N-dealkylation sites (N-methyl/N-ethyl adjacent to an activating group) is 1. The lowest BCUT2D eigenvalue weighted by Gasteiger charge is -2.23. The van der Waals surface area contributed by atoms with Crippen LogP contribution in [0.4, 0.5) is 5.00 Å². The van der Waals surface area contributed by atoms with E-state index in [2.05, 4.69) is 48.8 Å². The molecule has 1 aromatic carbocycles. The number of halogens is 2. The summed E-state index contributed by atoms with van der Waals surface area (Å²) in [6.07, 6.45) is 2.31. The highest BCUT2D eigenvalue weighted by molar-refractivity contribution is 9.13. The number of hydrogen-bond acceptors (Lipinski definition) is 7. The average Bonchev–Trinajstić information content (AvgIpc) is 3.00. The molecular formula is C21H24Br2N2O4S. The van der Waals surface area contributed by atoms with E-state index in [1.54, 1.807) is 12.3 Å². The Morgan fingerprint density at radius 3 is 2.70 bits per heavy atom. The summed E-state index contributed by atoms with van der Waals surface area (Å²) in [5, 5.41) is 11.1. The van der Waals surface area contributed by atoms with E-state index in [0.717, 1.165) is 34.4 Å². The van der Waals surface area contributed by atoms with E-state index in [9.17, 15) is 9.90 Å². The summed E-state index contributed by atoms with van der Waals surface area (Å²) >= 11 is 8.40.